The quantitative estimate of drug-likeness (QED) is 0.487. The molecule has 4 rings (SSSR count). The van der Waals surface area contributed by atoms with Crippen LogP contribution in [0.15, 0.2) is 42.9 Å². The fourth-order valence-electron chi connectivity index (χ4n) is 3.09. The van der Waals surface area contributed by atoms with Gasteiger partial charge in [-0.1, -0.05) is 0 Å². The summed E-state index contributed by atoms with van der Waals surface area (Å²) in [5.41, 5.74) is 9.47. The molecule has 0 spiro atoms. The van der Waals surface area contributed by atoms with E-state index in [2.05, 4.69) is 20.4 Å². The third kappa shape index (κ3) is 3.27. The van der Waals surface area contributed by atoms with Crippen molar-refractivity contribution >= 4 is 17.2 Å². The number of hydrogen-bond donors (Lipinski definition) is 3. The van der Waals surface area contributed by atoms with Gasteiger partial charge in [0.05, 0.1) is 17.3 Å². The Kier molecular flexibility index (Phi) is 4.44. The van der Waals surface area contributed by atoms with Crippen molar-refractivity contribution in [2.45, 2.75) is 19.9 Å². The third-order valence-electron chi connectivity index (χ3n) is 4.60. The van der Waals surface area contributed by atoms with Gasteiger partial charge in [0.1, 0.15) is 35.3 Å². The zero-order chi connectivity index (χ0) is 20.5. The summed E-state index contributed by atoms with van der Waals surface area (Å²) < 4.78 is 1.78. The number of phenols is 1. The van der Waals surface area contributed by atoms with Crippen LogP contribution in [0.1, 0.15) is 29.9 Å². The van der Waals surface area contributed by atoms with Crippen LogP contribution >= 0.6 is 0 Å². The topological polar surface area (TPSA) is 138 Å². The first-order valence-electron chi connectivity index (χ1n) is 8.90. The number of nitrogens with two attached hydrogens (primary N) is 1. The molecule has 1 unspecified atom stereocenters. The predicted octanol–water partition coefficient (Wildman–Crippen LogP) is 2.83. The SMILES string of the molecule is Cc1ccn2nc(C(C)Nc3ncnc(N)c3C#N)nc(-c3ccc(O)cc3)c12. The molecule has 9 nitrogen and oxygen atoms in total. The first-order chi connectivity index (χ1) is 14.0. The van der Waals surface area contributed by atoms with Crippen LogP contribution in [0, 0.1) is 18.3 Å². The lowest BCUT2D eigenvalue weighted by atomic mass is 10.1. The van der Waals surface area contributed by atoms with Crippen LogP contribution in [0.2, 0.25) is 0 Å². The van der Waals surface area contributed by atoms with Gasteiger partial charge in [-0.25, -0.2) is 19.5 Å². The minimum atomic E-state index is -0.362. The van der Waals surface area contributed by atoms with Crippen molar-refractivity contribution in [1.82, 2.24) is 24.6 Å². The van der Waals surface area contributed by atoms with Crippen molar-refractivity contribution in [3.05, 3.63) is 59.8 Å². The first-order valence-corrected chi connectivity index (χ1v) is 8.90. The fourth-order valence-corrected chi connectivity index (χ4v) is 3.09. The van der Waals surface area contributed by atoms with Gasteiger partial charge in [0.15, 0.2) is 5.82 Å². The molecule has 4 N–H and O–H groups in total. The minimum Gasteiger partial charge on any atom is -0.508 e. The second kappa shape index (κ2) is 7.09. The molecule has 0 saturated heterocycles. The molecule has 0 fully saturated rings. The predicted molar refractivity (Wildman–Crippen MR) is 108 cm³/mol. The normalized spacial score (nSPS) is 11.9. The number of benzene rings is 1. The molecule has 1 aromatic carbocycles. The molecule has 0 aliphatic rings. The minimum absolute atomic E-state index is 0.111. The average Bonchev–Trinajstić information content (AvgIpc) is 3.09. The molecule has 29 heavy (non-hydrogen) atoms. The molecule has 4 aromatic rings. The lowest BCUT2D eigenvalue weighted by molar-refractivity contribution is 0.475. The van der Waals surface area contributed by atoms with Crippen molar-refractivity contribution in [3.8, 4) is 23.1 Å². The summed E-state index contributed by atoms with van der Waals surface area (Å²) in [6, 6.07) is 10.5. The number of aromatic hydroxyl groups is 1. The molecule has 9 heteroatoms. The van der Waals surface area contributed by atoms with Gasteiger partial charge in [-0.2, -0.15) is 10.4 Å². The van der Waals surface area contributed by atoms with E-state index in [0.717, 1.165) is 22.3 Å². The molecule has 0 radical (unpaired) electrons. The van der Waals surface area contributed by atoms with Gasteiger partial charge >= 0.3 is 0 Å². The number of nitriles is 1. The smallest absolute Gasteiger partial charge is 0.171 e. The van der Waals surface area contributed by atoms with Crippen molar-refractivity contribution < 1.29 is 5.11 Å². The molecule has 0 amide bonds. The maximum absolute atomic E-state index is 9.61. The zero-order valence-electron chi connectivity index (χ0n) is 15.8. The Labute approximate surface area is 166 Å². The summed E-state index contributed by atoms with van der Waals surface area (Å²) in [5, 5.41) is 26.7. The number of aryl methyl sites for hydroxylation is 1. The number of phenolic OH excluding ortho intramolecular Hbond substituents is 1. The molecule has 0 aliphatic carbocycles. The van der Waals surface area contributed by atoms with Crippen LogP contribution in [0.4, 0.5) is 11.6 Å². The summed E-state index contributed by atoms with van der Waals surface area (Å²) >= 11 is 0. The second-order valence-electron chi connectivity index (χ2n) is 6.62. The lowest BCUT2D eigenvalue weighted by Crippen LogP contribution is -2.16. The highest BCUT2D eigenvalue weighted by atomic mass is 16.3. The molecule has 0 saturated carbocycles. The number of fused-ring (bicyclic) bond motifs is 1. The molecule has 3 heterocycles. The van der Waals surface area contributed by atoms with Gasteiger partial charge in [-0.3, -0.25) is 0 Å². The maximum Gasteiger partial charge on any atom is 0.171 e. The van der Waals surface area contributed by atoms with Crippen LogP contribution in [-0.2, 0) is 0 Å². The third-order valence-corrected chi connectivity index (χ3v) is 4.60. The van der Waals surface area contributed by atoms with Gasteiger partial charge in [0.25, 0.3) is 0 Å². The number of anilines is 2. The van der Waals surface area contributed by atoms with E-state index in [9.17, 15) is 10.4 Å². The number of nitrogen functional groups attached to an aromatic ring is 1. The summed E-state index contributed by atoms with van der Waals surface area (Å²) in [6.07, 6.45) is 3.17. The Morgan fingerprint density at radius 3 is 2.69 bits per heavy atom. The molecular formula is C20H18N8O. The van der Waals surface area contributed by atoms with Gasteiger partial charge in [-0.05, 0) is 49.7 Å². The van der Waals surface area contributed by atoms with Gasteiger partial charge in [-0.15, -0.1) is 0 Å². The van der Waals surface area contributed by atoms with Gasteiger partial charge in [0.2, 0.25) is 0 Å². The Bertz CT molecular complexity index is 1240. The van der Waals surface area contributed by atoms with E-state index >= 15 is 0 Å². The molecule has 0 aliphatic heterocycles. The van der Waals surface area contributed by atoms with Crippen molar-refractivity contribution in [1.29, 1.82) is 5.26 Å². The van der Waals surface area contributed by atoms with Crippen molar-refractivity contribution in [2.24, 2.45) is 0 Å². The van der Waals surface area contributed by atoms with Gasteiger partial charge < -0.3 is 16.2 Å². The monoisotopic (exact) mass is 386 g/mol. The van der Waals surface area contributed by atoms with E-state index in [-0.39, 0.29) is 23.2 Å². The van der Waals surface area contributed by atoms with Crippen LogP contribution in [0.25, 0.3) is 16.8 Å². The zero-order valence-corrected chi connectivity index (χ0v) is 15.8. The van der Waals surface area contributed by atoms with E-state index in [0.29, 0.717) is 11.6 Å². The van der Waals surface area contributed by atoms with Gasteiger partial charge in [0, 0.05) is 11.8 Å². The number of hydrogen-bond acceptors (Lipinski definition) is 8. The summed E-state index contributed by atoms with van der Waals surface area (Å²) in [7, 11) is 0. The molecule has 3 aromatic heterocycles. The van der Waals surface area contributed by atoms with Crippen molar-refractivity contribution in [3.63, 3.8) is 0 Å². The van der Waals surface area contributed by atoms with E-state index in [1.807, 2.05) is 44.3 Å². The average molecular weight is 386 g/mol. The number of nitrogens with zero attached hydrogens (tertiary/aromatic N) is 6. The van der Waals surface area contributed by atoms with E-state index < -0.39 is 0 Å². The molecule has 1 atom stereocenters. The second-order valence-corrected chi connectivity index (χ2v) is 6.62. The van der Waals surface area contributed by atoms with Crippen LogP contribution in [0.5, 0.6) is 5.75 Å². The number of rotatable bonds is 4. The summed E-state index contributed by atoms with van der Waals surface area (Å²) in [6.45, 7) is 3.87. The highest BCUT2D eigenvalue weighted by Crippen LogP contribution is 2.29. The Morgan fingerprint density at radius 2 is 1.97 bits per heavy atom. The Balaban J connectivity index is 1.80. The summed E-state index contributed by atoms with van der Waals surface area (Å²) in [4.78, 5) is 12.7. The first kappa shape index (κ1) is 18.2. The van der Waals surface area contributed by atoms with Crippen LogP contribution in [0.3, 0.4) is 0 Å². The fraction of sp³-hybridized carbons (Fsp3) is 0.150. The summed E-state index contributed by atoms with van der Waals surface area (Å²) in [5.74, 6) is 1.13. The molecular weight excluding hydrogens is 368 g/mol. The highest BCUT2D eigenvalue weighted by Gasteiger charge is 2.18. The largest absolute Gasteiger partial charge is 0.508 e. The highest BCUT2D eigenvalue weighted by molar-refractivity contribution is 5.79. The van der Waals surface area contributed by atoms with E-state index in [1.165, 1.54) is 6.33 Å². The van der Waals surface area contributed by atoms with Crippen molar-refractivity contribution in [2.75, 3.05) is 11.1 Å². The standard InChI is InChI=1S/C20H18N8O/c1-11-7-8-28-17(11)16(13-3-5-14(29)6-4-13)26-19(27-28)12(2)25-20-15(9-21)18(22)23-10-24-20/h3-8,10,12,29H,1-2H3,(H3,22,23,24,25). The number of aromatic nitrogens is 5. The van der Waals surface area contributed by atoms with E-state index in [4.69, 9.17) is 10.7 Å². The van der Waals surface area contributed by atoms with E-state index in [1.54, 1.807) is 16.6 Å². The Hall–Kier alpha value is -4.19. The Morgan fingerprint density at radius 1 is 1.21 bits per heavy atom. The lowest BCUT2D eigenvalue weighted by Gasteiger charge is -2.16. The molecule has 0 bridgehead atoms. The maximum atomic E-state index is 9.61. The number of nitrogens with one attached hydrogen (secondary N) is 1. The van der Waals surface area contributed by atoms with Crippen LogP contribution < -0.4 is 11.1 Å². The molecule has 144 valence electrons. The van der Waals surface area contributed by atoms with Crippen LogP contribution in [-0.4, -0.2) is 29.7 Å².